The number of hydrogen-bond donors (Lipinski definition) is 3. The lowest BCUT2D eigenvalue weighted by atomic mass is 10.2. The average Bonchev–Trinajstić information content (AvgIpc) is 3.06. The molecule has 3 aromatic rings. The molecule has 0 unspecified atom stereocenters. The van der Waals surface area contributed by atoms with Crippen molar-refractivity contribution in [2.45, 2.75) is 20.4 Å². The van der Waals surface area contributed by atoms with E-state index >= 15 is 0 Å². The highest BCUT2D eigenvalue weighted by molar-refractivity contribution is 5.86. The predicted molar refractivity (Wildman–Crippen MR) is 81.1 cm³/mol. The van der Waals surface area contributed by atoms with Crippen LogP contribution in [0, 0.1) is 6.92 Å². The van der Waals surface area contributed by atoms with E-state index in [4.69, 9.17) is 0 Å². The lowest BCUT2D eigenvalue weighted by molar-refractivity contribution is 0.738. The Morgan fingerprint density at radius 3 is 2.81 bits per heavy atom. The Hall–Kier alpha value is -2.64. The first-order chi connectivity index (χ1) is 10.2. The van der Waals surface area contributed by atoms with Gasteiger partial charge in [0, 0.05) is 31.4 Å². The molecule has 21 heavy (non-hydrogen) atoms. The van der Waals surface area contributed by atoms with Crippen molar-refractivity contribution in [1.29, 1.82) is 0 Å². The molecule has 0 amide bonds. The van der Waals surface area contributed by atoms with Crippen LogP contribution >= 0.6 is 0 Å². The van der Waals surface area contributed by atoms with Gasteiger partial charge in [-0.1, -0.05) is 0 Å². The summed E-state index contributed by atoms with van der Waals surface area (Å²) in [7, 11) is 1.93. The van der Waals surface area contributed by atoms with Crippen LogP contribution in [-0.2, 0) is 13.6 Å². The molecule has 3 N–H and O–H groups in total. The van der Waals surface area contributed by atoms with Crippen molar-refractivity contribution in [3.05, 3.63) is 23.7 Å². The second kappa shape index (κ2) is 5.39. The van der Waals surface area contributed by atoms with Gasteiger partial charge in [0.05, 0.1) is 17.8 Å². The smallest absolute Gasteiger partial charge is 0.226 e. The number of aromatic nitrogens is 6. The summed E-state index contributed by atoms with van der Waals surface area (Å²) in [6.07, 6.45) is 3.59. The number of nitrogens with one attached hydrogen (secondary N) is 3. The second-order valence-electron chi connectivity index (χ2n) is 4.79. The third-order valence-corrected chi connectivity index (χ3v) is 3.43. The zero-order valence-electron chi connectivity index (χ0n) is 12.3. The minimum atomic E-state index is 0.583. The third kappa shape index (κ3) is 2.51. The summed E-state index contributed by atoms with van der Waals surface area (Å²) in [4.78, 5) is 8.86. The highest BCUT2D eigenvalue weighted by atomic mass is 15.3. The first-order valence-electron chi connectivity index (χ1n) is 6.85. The Bertz CT molecular complexity index is 757. The lowest BCUT2D eigenvalue weighted by Crippen LogP contribution is -2.07. The summed E-state index contributed by atoms with van der Waals surface area (Å²) in [5, 5.41) is 18.5. The van der Waals surface area contributed by atoms with Crippen molar-refractivity contribution in [2.75, 3.05) is 17.2 Å². The molecule has 0 atom stereocenters. The zero-order valence-corrected chi connectivity index (χ0v) is 12.3. The molecule has 8 nitrogen and oxygen atoms in total. The highest BCUT2D eigenvalue weighted by Crippen LogP contribution is 2.20. The van der Waals surface area contributed by atoms with Gasteiger partial charge in [-0.05, 0) is 13.8 Å². The number of rotatable bonds is 5. The minimum Gasteiger partial charge on any atom is -0.365 e. The Morgan fingerprint density at radius 2 is 2.10 bits per heavy atom. The molecule has 3 aromatic heterocycles. The maximum absolute atomic E-state index is 4.49. The summed E-state index contributed by atoms with van der Waals surface area (Å²) >= 11 is 0. The largest absolute Gasteiger partial charge is 0.365 e. The van der Waals surface area contributed by atoms with E-state index in [1.54, 1.807) is 6.20 Å². The molecule has 0 aliphatic heterocycles. The van der Waals surface area contributed by atoms with Gasteiger partial charge >= 0.3 is 0 Å². The second-order valence-corrected chi connectivity index (χ2v) is 4.79. The highest BCUT2D eigenvalue weighted by Gasteiger charge is 2.10. The number of H-pyrrole nitrogens is 1. The molecule has 110 valence electrons. The molecular weight excluding hydrogens is 268 g/mol. The van der Waals surface area contributed by atoms with Crippen LogP contribution in [0.25, 0.3) is 11.0 Å². The van der Waals surface area contributed by atoms with Gasteiger partial charge in [0.2, 0.25) is 5.95 Å². The third-order valence-electron chi connectivity index (χ3n) is 3.43. The maximum Gasteiger partial charge on any atom is 0.226 e. The molecule has 0 saturated carbocycles. The average molecular weight is 286 g/mol. The van der Waals surface area contributed by atoms with E-state index in [1.807, 2.05) is 31.8 Å². The summed E-state index contributed by atoms with van der Waals surface area (Å²) in [5.41, 5.74) is 2.98. The number of anilines is 2. The number of hydrogen-bond acceptors (Lipinski definition) is 6. The summed E-state index contributed by atoms with van der Waals surface area (Å²) in [5.74, 6) is 1.34. The zero-order chi connectivity index (χ0) is 14.8. The van der Waals surface area contributed by atoms with E-state index in [-0.39, 0.29) is 0 Å². The van der Waals surface area contributed by atoms with Crippen LogP contribution in [0.2, 0.25) is 0 Å². The molecule has 0 bridgehead atoms. The van der Waals surface area contributed by atoms with Crippen LogP contribution in [0.15, 0.2) is 12.4 Å². The Morgan fingerprint density at radius 1 is 1.24 bits per heavy atom. The fourth-order valence-electron chi connectivity index (χ4n) is 2.10. The van der Waals surface area contributed by atoms with Gasteiger partial charge in [-0.15, -0.1) is 0 Å². The van der Waals surface area contributed by atoms with Crippen LogP contribution < -0.4 is 10.6 Å². The maximum atomic E-state index is 4.49. The molecule has 0 spiro atoms. The van der Waals surface area contributed by atoms with E-state index in [9.17, 15) is 0 Å². The lowest BCUT2D eigenvalue weighted by Gasteiger charge is -2.08. The van der Waals surface area contributed by atoms with E-state index in [2.05, 4.69) is 35.9 Å². The van der Waals surface area contributed by atoms with Gasteiger partial charge in [0.25, 0.3) is 0 Å². The molecule has 0 aliphatic rings. The predicted octanol–water partition coefficient (Wildman–Crippen LogP) is 1.44. The molecule has 0 aliphatic carbocycles. The van der Waals surface area contributed by atoms with Gasteiger partial charge in [-0.3, -0.25) is 9.78 Å². The quantitative estimate of drug-likeness (QED) is 0.656. The molecule has 0 saturated heterocycles. The van der Waals surface area contributed by atoms with E-state index in [0.717, 1.165) is 29.0 Å². The van der Waals surface area contributed by atoms with Crippen LogP contribution in [0.3, 0.4) is 0 Å². The van der Waals surface area contributed by atoms with Crippen molar-refractivity contribution >= 4 is 22.8 Å². The van der Waals surface area contributed by atoms with Gasteiger partial charge < -0.3 is 10.6 Å². The Labute approximate surface area is 122 Å². The summed E-state index contributed by atoms with van der Waals surface area (Å²) in [6, 6.07) is 0. The van der Waals surface area contributed by atoms with E-state index < -0.39 is 0 Å². The standard InChI is InChI=1S/C13H18N8/c1-4-14-13-18-11(10-7-16-20-12(10)19-13)15-5-9-6-17-21(3)8(9)2/h6-7H,4-5H2,1-3H3,(H3,14,15,16,18,19,20). The van der Waals surface area contributed by atoms with Crippen molar-refractivity contribution in [2.24, 2.45) is 7.05 Å². The molecule has 3 rings (SSSR count). The SMILES string of the molecule is CCNc1nc(NCc2cnn(C)c2C)c2cn[nH]c2n1. The molecule has 8 heteroatoms. The van der Waals surface area contributed by atoms with Crippen molar-refractivity contribution in [1.82, 2.24) is 29.9 Å². The Balaban J connectivity index is 1.88. The van der Waals surface area contributed by atoms with Crippen LogP contribution in [-0.4, -0.2) is 36.5 Å². The number of fused-ring (bicyclic) bond motifs is 1. The summed E-state index contributed by atoms with van der Waals surface area (Å²) in [6.45, 7) is 5.47. The molecule has 0 aromatic carbocycles. The van der Waals surface area contributed by atoms with Gasteiger partial charge in [-0.2, -0.15) is 20.2 Å². The molecule has 0 fully saturated rings. The molecule has 3 heterocycles. The first-order valence-corrected chi connectivity index (χ1v) is 6.85. The molecular formula is C13H18N8. The van der Waals surface area contributed by atoms with Crippen molar-refractivity contribution in [3.63, 3.8) is 0 Å². The van der Waals surface area contributed by atoms with E-state index in [1.165, 1.54) is 0 Å². The van der Waals surface area contributed by atoms with E-state index in [0.29, 0.717) is 18.1 Å². The van der Waals surface area contributed by atoms with Gasteiger partial charge in [0.1, 0.15) is 5.82 Å². The van der Waals surface area contributed by atoms with Crippen molar-refractivity contribution < 1.29 is 0 Å². The van der Waals surface area contributed by atoms with Gasteiger partial charge in [-0.25, -0.2) is 0 Å². The van der Waals surface area contributed by atoms with Crippen molar-refractivity contribution in [3.8, 4) is 0 Å². The number of aromatic amines is 1. The van der Waals surface area contributed by atoms with Crippen LogP contribution in [0.4, 0.5) is 11.8 Å². The monoisotopic (exact) mass is 286 g/mol. The van der Waals surface area contributed by atoms with Crippen LogP contribution in [0.5, 0.6) is 0 Å². The number of aryl methyl sites for hydroxylation is 1. The first kappa shape index (κ1) is 13.3. The normalized spacial score (nSPS) is 11.0. The minimum absolute atomic E-state index is 0.583. The topological polar surface area (TPSA) is 96.3 Å². The van der Waals surface area contributed by atoms with Gasteiger partial charge in [0.15, 0.2) is 5.65 Å². The Kier molecular flexibility index (Phi) is 3.43. The summed E-state index contributed by atoms with van der Waals surface area (Å²) < 4.78 is 1.86. The molecule has 0 radical (unpaired) electrons. The number of nitrogens with zero attached hydrogens (tertiary/aromatic N) is 5. The fourth-order valence-corrected chi connectivity index (χ4v) is 2.10. The fraction of sp³-hybridized carbons (Fsp3) is 0.385. The van der Waals surface area contributed by atoms with Crippen LogP contribution in [0.1, 0.15) is 18.2 Å².